The van der Waals surface area contributed by atoms with Crippen LogP contribution in [-0.4, -0.2) is 60.9 Å². The van der Waals surface area contributed by atoms with Gasteiger partial charge in [0.2, 0.25) is 0 Å². The van der Waals surface area contributed by atoms with Gasteiger partial charge >= 0.3 is 11.7 Å². The van der Waals surface area contributed by atoms with E-state index >= 15 is 0 Å². The number of hydrogen-bond acceptors (Lipinski definition) is 8. The van der Waals surface area contributed by atoms with Crippen LogP contribution in [0.2, 0.25) is 0 Å². The van der Waals surface area contributed by atoms with Crippen molar-refractivity contribution >= 4 is 11.8 Å². The van der Waals surface area contributed by atoms with Crippen LogP contribution >= 0.6 is 0 Å². The molecular formula is C10H13N3O7. The molecule has 1 aromatic rings. The van der Waals surface area contributed by atoms with Gasteiger partial charge < -0.3 is 30.9 Å². The molecule has 20 heavy (non-hydrogen) atoms. The van der Waals surface area contributed by atoms with Crippen LogP contribution in [0.4, 0.5) is 5.82 Å². The highest BCUT2D eigenvalue weighted by Gasteiger charge is 2.61. The Morgan fingerprint density at radius 2 is 2.20 bits per heavy atom. The zero-order valence-corrected chi connectivity index (χ0v) is 10.1. The lowest BCUT2D eigenvalue weighted by atomic mass is 10.0. The van der Waals surface area contributed by atoms with Crippen molar-refractivity contribution in [1.29, 1.82) is 0 Å². The Balaban J connectivity index is 2.62. The summed E-state index contributed by atoms with van der Waals surface area (Å²) >= 11 is 0. The molecule has 0 aliphatic carbocycles. The number of aliphatic hydroxyl groups is 3. The van der Waals surface area contributed by atoms with Gasteiger partial charge in [-0.1, -0.05) is 0 Å². The molecule has 0 bridgehead atoms. The normalized spacial score (nSPS) is 33.2. The number of anilines is 1. The van der Waals surface area contributed by atoms with Crippen LogP contribution in [0.5, 0.6) is 0 Å². The van der Waals surface area contributed by atoms with Gasteiger partial charge in [-0.2, -0.15) is 4.98 Å². The van der Waals surface area contributed by atoms with Crippen LogP contribution in [-0.2, 0) is 15.3 Å². The maximum atomic E-state index is 11.8. The molecule has 2 rings (SSSR count). The number of nitrogens with zero attached hydrogens (tertiary/aromatic N) is 2. The Bertz CT molecular complexity index is 588. The van der Waals surface area contributed by atoms with E-state index in [-0.39, 0.29) is 5.82 Å². The summed E-state index contributed by atoms with van der Waals surface area (Å²) < 4.78 is 5.53. The van der Waals surface area contributed by atoms with Crippen molar-refractivity contribution in [2.45, 2.75) is 24.0 Å². The summed E-state index contributed by atoms with van der Waals surface area (Å²) in [5, 5.41) is 38.0. The summed E-state index contributed by atoms with van der Waals surface area (Å²) in [6.07, 6.45) is -4.03. The summed E-state index contributed by atoms with van der Waals surface area (Å²) in [5.41, 5.74) is 1.65. The third-order valence-electron chi connectivity index (χ3n) is 3.11. The highest BCUT2D eigenvalue weighted by atomic mass is 16.6. The lowest BCUT2D eigenvalue weighted by molar-refractivity contribution is -0.196. The second-order valence-electron chi connectivity index (χ2n) is 4.28. The van der Waals surface area contributed by atoms with E-state index in [1.165, 1.54) is 0 Å². The van der Waals surface area contributed by atoms with Crippen LogP contribution in [0.3, 0.4) is 0 Å². The first kappa shape index (κ1) is 14.4. The molecule has 10 nitrogen and oxygen atoms in total. The van der Waals surface area contributed by atoms with E-state index in [2.05, 4.69) is 4.98 Å². The molecular weight excluding hydrogens is 274 g/mol. The van der Waals surface area contributed by atoms with Gasteiger partial charge in [-0.25, -0.2) is 9.59 Å². The van der Waals surface area contributed by atoms with Crippen LogP contribution in [0.25, 0.3) is 0 Å². The van der Waals surface area contributed by atoms with E-state index < -0.39 is 42.3 Å². The van der Waals surface area contributed by atoms with Gasteiger partial charge in [0.1, 0.15) is 24.1 Å². The molecule has 4 atom stereocenters. The van der Waals surface area contributed by atoms with Crippen LogP contribution in [0.1, 0.15) is 0 Å². The third kappa shape index (κ3) is 1.86. The van der Waals surface area contributed by atoms with Crippen LogP contribution in [0, 0.1) is 0 Å². The molecule has 0 aromatic carbocycles. The number of carbonyl (C=O) groups is 1. The molecule has 1 aliphatic heterocycles. The fourth-order valence-electron chi connectivity index (χ4n) is 2.10. The molecule has 0 spiro atoms. The summed E-state index contributed by atoms with van der Waals surface area (Å²) in [4.78, 5) is 26.6. The molecule has 1 fully saturated rings. The predicted molar refractivity (Wildman–Crippen MR) is 62.5 cm³/mol. The van der Waals surface area contributed by atoms with Gasteiger partial charge in [-0.15, -0.1) is 0 Å². The van der Waals surface area contributed by atoms with Crippen molar-refractivity contribution in [3.8, 4) is 0 Å². The standard InChI is InChI=1S/C10H13N3O7/c11-5-1-2-13(9(19)12-5)10(8(17)18)7(16)6(15)4(3-14)20-10/h1-2,4,6-7,14-16H,3H2,(H,17,18)(H2,11,12,19)/t4-,6-,7-,10+/m1/s1. The summed E-state index contributed by atoms with van der Waals surface area (Å²) in [5.74, 6) is -1.85. The van der Waals surface area contributed by atoms with E-state index in [0.717, 1.165) is 12.3 Å². The molecule has 1 saturated heterocycles. The predicted octanol–water partition coefficient (Wildman–Crippen LogP) is -3.32. The Morgan fingerprint density at radius 3 is 2.65 bits per heavy atom. The number of aliphatic hydroxyl groups excluding tert-OH is 3. The second kappa shape index (κ2) is 4.83. The quantitative estimate of drug-likeness (QED) is 0.382. The molecule has 10 heteroatoms. The Morgan fingerprint density at radius 1 is 1.55 bits per heavy atom. The van der Waals surface area contributed by atoms with E-state index in [9.17, 15) is 24.9 Å². The van der Waals surface area contributed by atoms with Gasteiger partial charge in [0.25, 0.3) is 5.72 Å². The second-order valence-corrected chi connectivity index (χ2v) is 4.28. The number of aliphatic carboxylic acids is 1. The third-order valence-corrected chi connectivity index (χ3v) is 3.11. The highest BCUT2D eigenvalue weighted by molar-refractivity contribution is 5.76. The van der Waals surface area contributed by atoms with Crippen molar-refractivity contribution in [3.05, 3.63) is 22.7 Å². The largest absolute Gasteiger partial charge is 0.478 e. The summed E-state index contributed by atoms with van der Waals surface area (Å²) in [6.45, 7) is -0.732. The monoisotopic (exact) mass is 287 g/mol. The minimum absolute atomic E-state index is 0.140. The number of ether oxygens (including phenoxy) is 1. The fourth-order valence-corrected chi connectivity index (χ4v) is 2.10. The molecule has 1 aliphatic rings. The van der Waals surface area contributed by atoms with Gasteiger partial charge in [0, 0.05) is 6.20 Å². The Kier molecular flexibility index (Phi) is 3.48. The molecule has 0 saturated carbocycles. The maximum absolute atomic E-state index is 11.8. The summed E-state index contributed by atoms with van der Waals surface area (Å²) in [7, 11) is 0. The maximum Gasteiger partial charge on any atom is 0.361 e. The van der Waals surface area contributed by atoms with E-state index in [1.54, 1.807) is 0 Å². The molecule has 0 unspecified atom stereocenters. The van der Waals surface area contributed by atoms with Crippen LogP contribution < -0.4 is 11.4 Å². The number of rotatable bonds is 3. The van der Waals surface area contributed by atoms with Crippen molar-refractivity contribution in [2.75, 3.05) is 12.3 Å². The average molecular weight is 287 g/mol. The number of aromatic nitrogens is 2. The smallest absolute Gasteiger partial charge is 0.361 e. The van der Waals surface area contributed by atoms with Gasteiger partial charge in [0.05, 0.1) is 6.61 Å². The van der Waals surface area contributed by atoms with E-state index in [1.807, 2.05) is 0 Å². The van der Waals surface area contributed by atoms with Crippen molar-refractivity contribution in [1.82, 2.24) is 9.55 Å². The minimum atomic E-state index is -2.58. The number of nitrogens with two attached hydrogens (primary N) is 1. The van der Waals surface area contributed by atoms with Gasteiger partial charge in [-0.05, 0) is 6.07 Å². The molecule has 0 radical (unpaired) electrons. The van der Waals surface area contributed by atoms with Crippen LogP contribution in [0.15, 0.2) is 17.1 Å². The van der Waals surface area contributed by atoms with E-state index in [0.29, 0.717) is 4.57 Å². The number of hydrogen-bond donors (Lipinski definition) is 5. The topological polar surface area (TPSA) is 168 Å². The molecule has 1 aromatic heterocycles. The minimum Gasteiger partial charge on any atom is -0.478 e. The molecule has 110 valence electrons. The highest BCUT2D eigenvalue weighted by Crippen LogP contribution is 2.35. The number of carboxylic acids is 1. The molecule has 0 amide bonds. The average Bonchev–Trinajstić information content (AvgIpc) is 2.64. The molecule has 2 heterocycles. The van der Waals surface area contributed by atoms with Crippen molar-refractivity contribution in [2.24, 2.45) is 0 Å². The number of carboxylic acid groups (broad SMARTS) is 1. The van der Waals surface area contributed by atoms with Gasteiger partial charge in [0.15, 0.2) is 0 Å². The Hall–Kier alpha value is -2.01. The fraction of sp³-hybridized carbons (Fsp3) is 0.500. The number of nitrogen functional groups attached to an aromatic ring is 1. The van der Waals surface area contributed by atoms with Crippen molar-refractivity contribution in [3.63, 3.8) is 0 Å². The zero-order valence-electron chi connectivity index (χ0n) is 10.1. The zero-order chi connectivity index (χ0) is 15.1. The SMILES string of the molecule is Nc1ccn([C@]2(C(=O)O)O[C@H](CO)[C@@H](O)[C@H]2O)c(=O)n1. The lowest BCUT2D eigenvalue weighted by Gasteiger charge is -2.28. The lowest BCUT2D eigenvalue weighted by Crippen LogP contribution is -2.55. The first-order chi connectivity index (χ1) is 9.34. The van der Waals surface area contributed by atoms with Crippen molar-refractivity contribution < 1.29 is 30.0 Å². The first-order valence-corrected chi connectivity index (χ1v) is 5.58. The summed E-state index contributed by atoms with van der Waals surface area (Å²) in [6, 6.07) is 1.14. The van der Waals surface area contributed by atoms with E-state index in [4.69, 9.17) is 15.6 Å². The molecule has 6 N–H and O–H groups in total. The Labute approximate surface area is 111 Å². The first-order valence-electron chi connectivity index (χ1n) is 5.58. The van der Waals surface area contributed by atoms with Gasteiger partial charge in [-0.3, -0.25) is 4.57 Å².